The molecule has 7 nitrogen and oxygen atoms in total. The zero-order chi connectivity index (χ0) is 13.3. The number of aromatic nitrogens is 3. The van der Waals surface area contributed by atoms with E-state index >= 15 is 0 Å². The Hall–Kier alpha value is -2.44. The monoisotopic (exact) mass is 247 g/mol. The van der Waals surface area contributed by atoms with Crippen molar-refractivity contribution in [1.29, 1.82) is 0 Å². The van der Waals surface area contributed by atoms with Crippen molar-refractivity contribution in [2.75, 3.05) is 12.4 Å². The van der Waals surface area contributed by atoms with Crippen LogP contribution in [-0.4, -0.2) is 26.7 Å². The molecule has 0 saturated carbocycles. The van der Waals surface area contributed by atoms with Gasteiger partial charge in [0.2, 0.25) is 5.95 Å². The van der Waals surface area contributed by atoms with E-state index in [1.807, 2.05) is 14.0 Å². The van der Waals surface area contributed by atoms with Crippen molar-refractivity contribution in [3.8, 4) is 11.4 Å². The summed E-state index contributed by atoms with van der Waals surface area (Å²) in [6, 6.07) is 4.69. The van der Waals surface area contributed by atoms with Crippen LogP contribution in [0.3, 0.4) is 0 Å². The lowest BCUT2D eigenvalue weighted by Crippen LogP contribution is -2.00. The van der Waals surface area contributed by atoms with E-state index in [0.29, 0.717) is 11.8 Å². The van der Waals surface area contributed by atoms with Crippen LogP contribution in [0.1, 0.15) is 5.56 Å². The van der Waals surface area contributed by atoms with Crippen LogP contribution in [0.5, 0.6) is 0 Å². The van der Waals surface area contributed by atoms with Crippen LogP contribution in [0, 0.1) is 17.0 Å². The summed E-state index contributed by atoms with van der Waals surface area (Å²) < 4.78 is 1.80. The van der Waals surface area contributed by atoms with E-state index in [0.717, 1.165) is 11.1 Å². The van der Waals surface area contributed by atoms with Gasteiger partial charge in [0.25, 0.3) is 5.69 Å². The summed E-state index contributed by atoms with van der Waals surface area (Å²) in [7, 11) is 3.60. The minimum atomic E-state index is -0.410. The molecule has 1 heterocycles. The number of non-ortho nitro benzene ring substituents is 1. The van der Waals surface area contributed by atoms with E-state index in [1.165, 1.54) is 12.1 Å². The number of nitro groups is 1. The van der Waals surface area contributed by atoms with Crippen molar-refractivity contribution < 1.29 is 4.92 Å². The molecule has 1 aromatic heterocycles. The summed E-state index contributed by atoms with van der Waals surface area (Å²) in [5.74, 6) is 1.31. The van der Waals surface area contributed by atoms with E-state index in [2.05, 4.69) is 15.5 Å². The van der Waals surface area contributed by atoms with Gasteiger partial charge in [0.15, 0.2) is 5.82 Å². The fourth-order valence-electron chi connectivity index (χ4n) is 1.79. The van der Waals surface area contributed by atoms with Crippen LogP contribution in [-0.2, 0) is 7.05 Å². The van der Waals surface area contributed by atoms with Gasteiger partial charge in [0, 0.05) is 31.8 Å². The summed E-state index contributed by atoms with van der Waals surface area (Å²) in [4.78, 5) is 10.3. The van der Waals surface area contributed by atoms with Crippen LogP contribution in [0.15, 0.2) is 18.2 Å². The van der Waals surface area contributed by atoms with Crippen molar-refractivity contribution in [3.63, 3.8) is 0 Å². The lowest BCUT2D eigenvalue weighted by molar-refractivity contribution is -0.384. The minimum Gasteiger partial charge on any atom is -0.357 e. The van der Waals surface area contributed by atoms with E-state index in [4.69, 9.17) is 0 Å². The average Bonchev–Trinajstić information content (AvgIpc) is 2.70. The highest BCUT2D eigenvalue weighted by atomic mass is 16.6. The second-order valence-electron chi connectivity index (χ2n) is 3.91. The smallest absolute Gasteiger partial charge is 0.269 e. The molecule has 0 saturated heterocycles. The highest BCUT2D eigenvalue weighted by molar-refractivity contribution is 5.64. The number of hydrogen-bond donors (Lipinski definition) is 1. The number of hydrogen-bond acceptors (Lipinski definition) is 5. The highest BCUT2D eigenvalue weighted by Crippen LogP contribution is 2.26. The van der Waals surface area contributed by atoms with Crippen LogP contribution < -0.4 is 5.32 Å². The molecule has 2 aromatic rings. The first-order valence-electron chi connectivity index (χ1n) is 5.37. The van der Waals surface area contributed by atoms with Crippen molar-refractivity contribution in [2.45, 2.75) is 6.92 Å². The molecule has 1 aromatic carbocycles. The molecule has 2 rings (SSSR count). The topological polar surface area (TPSA) is 85.9 Å². The molecule has 7 heteroatoms. The molecular formula is C11H13N5O2. The molecule has 94 valence electrons. The van der Waals surface area contributed by atoms with E-state index in [1.54, 1.807) is 17.7 Å². The van der Waals surface area contributed by atoms with Gasteiger partial charge < -0.3 is 5.32 Å². The van der Waals surface area contributed by atoms with Crippen LogP contribution in [0.25, 0.3) is 11.4 Å². The lowest BCUT2D eigenvalue weighted by Gasteiger charge is -2.06. The fraction of sp³-hybridized carbons (Fsp3) is 0.273. The number of benzene rings is 1. The number of rotatable bonds is 3. The first kappa shape index (κ1) is 12.0. The molecular weight excluding hydrogens is 234 g/mol. The Labute approximate surface area is 104 Å². The Bertz CT molecular complexity index is 605. The molecule has 1 N–H and O–H groups in total. The van der Waals surface area contributed by atoms with Gasteiger partial charge in [-0.3, -0.25) is 14.7 Å². The average molecular weight is 247 g/mol. The molecule has 0 bridgehead atoms. The van der Waals surface area contributed by atoms with Crippen molar-refractivity contribution in [1.82, 2.24) is 14.8 Å². The zero-order valence-corrected chi connectivity index (χ0v) is 10.3. The predicted octanol–water partition coefficient (Wildman–Crippen LogP) is 1.74. The van der Waals surface area contributed by atoms with E-state index in [9.17, 15) is 10.1 Å². The maximum absolute atomic E-state index is 10.7. The standard InChI is InChI=1S/C11H13N5O2/c1-7-6-8(16(17)18)4-5-9(7)10-13-14-11(12-2)15(10)3/h4-6H,1-3H3,(H,12,14). The van der Waals surface area contributed by atoms with Gasteiger partial charge in [-0.15, -0.1) is 10.2 Å². The van der Waals surface area contributed by atoms with Crippen molar-refractivity contribution >= 4 is 11.6 Å². The molecule has 0 amide bonds. The Balaban J connectivity index is 2.51. The molecule has 0 fully saturated rings. The molecule has 0 aliphatic rings. The molecule has 0 atom stereocenters. The number of aryl methyl sites for hydroxylation is 1. The van der Waals surface area contributed by atoms with Crippen molar-refractivity contribution in [2.24, 2.45) is 7.05 Å². The van der Waals surface area contributed by atoms with Gasteiger partial charge in [0.1, 0.15) is 0 Å². The largest absolute Gasteiger partial charge is 0.357 e. The summed E-state index contributed by atoms with van der Waals surface area (Å²) in [5.41, 5.74) is 1.70. The summed E-state index contributed by atoms with van der Waals surface area (Å²) in [6.07, 6.45) is 0. The SMILES string of the molecule is CNc1nnc(-c2ccc([N+](=O)[O-])cc2C)n1C. The Morgan fingerprint density at radius 1 is 1.39 bits per heavy atom. The first-order chi connectivity index (χ1) is 8.54. The second kappa shape index (κ2) is 4.44. The maximum atomic E-state index is 10.7. The van der Waals surface area contributed by atoms with Crippen LogP contribution in [0.2, 0.25) is 0 Å². The normalized spacial score (nSPS) is 10.4. The van der Waals surface area contributed by atoms with Crippen molar-refractivity contribution in [3.05, 3.63) is 33.9 Å². The summed E-state index contributed by atoms with van der Waals surface area (Å²) >= 11 is 0. The third-order valence-corrected chi connectivity index (χ3v) is 2.76. The number of anilines is 1. The number of nitro benzene ring substituents is 1. The highest BCUT2D eigenvalue weighted by Gasteiger charge is 2.14. The molecule has 0 spiro atoms. The lowest BCUT2D eigenvalue weighted by atomic mass is 10.1. The van der Waals surface area contributed by atoms with E-state index in [-0.39, 0.29) is 5.69 Å². The molecule has 0 aliphatic heterocycles. The van der Waals surface area contributed by atoms with Gasteiger partial charge >= 0.3 is 0 Å². The third-order valence-electron chi connectivity index (χ3n) is 2.76. The third kappa shape index (κ3) is 1.90. The maximum Gasteiger partial charge on any atom is 0.269 e. The zero-order valence-electron chi connectivity index (χ0n) is 10.3. The number of nitrogens with zero attached hydrogens (tertiary/aromatic N) is 4. The molecule has 18 heavy (non-hydrogen) atoms. The van der Waals surface area contributed by atoms with Gasteiger partial charge in [-0.1, -0.05) is 0 Å². The summed E-state index contributed by atoms with van der Waals surface area (Å²) in [6.45, 7) is 1.82. The van der Waals surface area contributed by atoms with E-state index < -0.39 is 4.92 Å². The first-order valence-corrected chi connectivity index (χ1v) is 5.37. The van der Waals surface area contributed by atoms with Gasteiger partial charge in [-0.25, -0.2) is 0 Å². The Morgan fingerprint density at radius 3 is 2.61 bits per heavy atom. The fourth-order valence-corrected chi connectivity index (χ4v) is 1.79. The quantitative estimate of drug-likeness (QED) is 0.659. The Morgan fingerprint density at radius 2 is 2.11 bits per heavy atom. The molecule has 0 aliphatic carbocycles. The van der Waals surface area contributed by atoms with Crippen LogP contribution in [0.4, 0.5) is 11.6 Å². The number of nitrogens with one attached hydrogen (secondary N) is 1. The van der Waals surface area contributed by atoms with Gasteiger partial charge in [-0.2, -0.15) is 0 Å². The van der Waals surface area contributed by atoms with Gasteiger partial charge in [-0.05, 0) is 18.6 Å². The Kier molecular flexibility index (Phi) is 2.97. The predicted molar refractivity (Wildman–Crippen MR) is 67.4 cm³/mol. The molecule has 0 unspecified atom stereocenters. The minimum absolute atomic E-state index is 0.0762. The second-order valence-corrected chi connectivity index (χ2v) is 3.91. The molecule has 0 radical (unpaired) electrons. The van der Waals surface area contributed by atoms with Gasteiger partial charge in [0.05, 0.1) is 4.92 Å². The van der Waals surface area contributed by atoms with Crippen LogP contribution >= 0.6 is 0 Å². The summed E-state index contributed by atoms with van der Waals surface area (Å²) in [5, 5.41) is 21.6.